The molecular formula is C21H15N3O7S2. The Morgan fingerprint density at radius 1 is 1.24 bits per heavy atom. The Balaban J connectivity index is 1.87. The molecule has 0 unspecified atom stereocenters. The number of rotatable bonds is 6. The van der Waals surface area contributed by atoms with E-state index in [1.807, 2.05) is 0 Å². The van der Waals surface area contributed by atoms with Gasteiger partial charge in [0.15, 0.2) is 10.9 Å². The van der Waals surface area contributed by atoms with Crippen molar-refractivity contribution in [3.63, 3.8) is 0 Å². The number of hydrogen-bond donors (Lipinski definition) is 1. The summed E-state index contributed by atoms with van der Waals surface area (Å²) in [6, 6.07) is 7.43. The van der Waals surface area contributed by atoms with Gasteiger partial charge in [-0.25, -0.2) is 9.78 Å². The first-order chi connectivity index (χ1) is 15.7. The number of amides is 1. The van der Waals surface area contributed by atoms with Crippen LogP contribution in [0.1, 0.15) is 36.6 Å². The van der Waals surface area contributed by atoms with Gasteiger partial charge in [-0.2, -0.15) is 0 Å². The lowest BCUT2D eigenvalue weighted by Crippen LogP contribution is -2.31. The van der Waals surface area contributed by atoms with E-state index < -0.39 is 34.4 Å². The lowest BCUT2D eigenvalue weighted by molar-refractivity contribution is -0.384. The number of hydrogen-bond acceptors (Lipinski definition) is 10. The van der Waals surface area contributed by atoms with Crippen LogP contribution < -0.4 is 4.90 Å². The van der Waals surface area contributed by atoms with Crippen molar-refractivity contribution < 1.29 is 29.2 Å². The molecule has 10 nitrogen and oxygen atoms in total. The summed E-state index contributed by atoms with van der Waals surface area (Å²) in [7, 11) is 1.22. The van der Waals surface area contributed by atoms with E-state index in [0.29, 0.717) is 16.1 Å². The standard InChI is InChI=1S/C21H15N3O7S2/c1-10-18(20(28)31-2)33-21(22-10)23-15(11-5-7-12(8-6-11)24(29)30)14(17(26)19(23)27)16(25)13-4-3-9-32-13/h3-9,15,26H,1-2H3/t15-/m0/s1. The molecule has 0 fully saturated rings. The van der Waals surface area contributed by atoms with E-state index in [9.17, 15) is 29.6 Å². The second-order valence-electron chi connectivity index (χ2n) is 6.90. The zero-order chi connectivity index (χ0) is 23.9. The largest absolute Gasteiger partial charge is 0.503 e. The van der Waals surface area contributed by atoms with E-state index in [0.717, 1.165) is 27.6 Å². The van der Waals surface area contributed by atoms with Crippen LogP contribution in [0, 0.1) is 17.0 Å². The average Bonchev–Trinajstić information content (AvgIpc) is 3.52. The molecule has 1 aromatic carbocycles. The molecule has 0 saturated heterocycles. The predicted octanol–water partition coefficient (Wildman–Crippen LogP) is 3.99. The van der Waals surface area contributed by atoms with Crippen molar-refractivity contribution in [2.45, 2.75) is 13.0 Å². The first-order valence-electron chi connectivity index (χ1n) is 9.39. The highest BCUT2D eigenvalue weighted by Gasteiger charge is 2.46. The van der Waals surface area contributed by atoms with Crippen molar-refractivity contribution in [2.75, 3.05) is 12.0 Å². The van der Waals surface area contributed by atoms with E-state index in [-0.39, 0.29) is 21.3 Å². The lowest BCUT2D eigenvalue weighted by atomic mass is 9.95. The molecule has 0 spiro atoms. The summed E-state index contributed by atoms with van der Waals surface area (Å²) in [4.78, 5) is 54.8. The minimum atomic E-state index is -1.11. The van der Waals surface area contributed by atoms with Crippen molar-refractivity contribution in [2.24, 2.45) is 0 Å². The van der Waals surface area contributed by atoms with Crippen LogP contribution in [0.15, 0.2) is 53.1 Å². The van der Waals surface area contributed by atoms with E-state index in [4.69, 9.17) is 4.74 Å². The van der Waals surface area contributed by atoms with Gasteiger partial charge in [0.1, 0.15) is 4.88 Å². The van der Waals surface area contributed by atoms with Gasteiger partial charge >= 0.3 is 5.97 Å². The number of aromatic nitrogens is 1. The topological polar surface area (TPSA) is 140 Å². The average molecular weight is 485 g/mol. The van der Waals surface area contributed by atoms with Crippen LogP contribution in [0.2, 0.25) is 0 Å². The maximum absolute atomic E-state index is 13.2. The maximum atomic E-state index is 13.2. The van der Waals surface area contributed by atoms with Crippen LogP contribution >= 0.6 is 22.7 Å². The highest BCUT2D eigenvalue weighted by Crippen LogP contribution is 2.44. The molecule has 168 valence electrons. The molecule has 0 aliphatic carbocycles. The third kappa shape index (κ3) is 3.79. The quantitative estimate of drug-likeness (QED) is 0.239. The molecule has 3 heterocycles. The first-order valence-corrected chi connectivity index (χ1v) is 11.1. The number of thiophene rings is 1. The van der Waals surface area contributed by atoms with Gasteiger partial charge in [-0.15, -0.1) is 11.3 Å². The van der Waals surface area contributed by atoms with Gasteiger partial charge in [0.05, 0.1) is 34.2 Å². The van der Waals surface area contributed by atoms with Gasteiger partial charge in [-0.05, 0) is 36.1 Å². The number of aryl methyl sites for hydroxylation is 1. The van der Waals surface area contributed by atoms with E-state index >= 15 is 0 Å². The third-order valence-electron chi connectivity index (χ3n) is 4.98. The number of esters is 1. The number of carbonyl (C=O) groups is 3. The third-order valence-corrected chi connectivity index (χ3v) is 6.98. The zero-order valence-electron chi connectivity index (χ0n) is 17.2. The number of anilines is 1. The number of ketones is 1. The molecule has 4 rings (SSSR count). The van der Waals surface area contributed by atoms with Crippen LogP contribution in [0.5, 0.6) is 0 Å². The predicted molar refractivity (Wildman–Crippen MR) is 120 cm³/mol. The van der Waals surface area contributed by atoms with Crippen molar-refractivity contribution in [1.82, 2.24) is 4.98 Å². The van der Waals surface area contributed by atoms with E-state index in [2.05, 4.69) is 4.98 Å². The zero-order valence-corrected chi connectivity index (χ0v) is 18.8. The number of nitro groups is 1. The maximum Gasteiger partial charge on any atom is 0.350 e. The van der Waals surface area contributed by atoms with Gasteiger partial charge in [0, 0.05) is 12.1 Å². The fourth-order valence-corrected chi connectivity index (χ4v) is 5.13. The van der Waals surface area contributed by atoms with Crippen molar-refractivity contribution >= 4 is 51.2 Å². The summed E-state index contributed by atoms with van der Waals surface area (Å²) < 4.78 is 4.75. The molecule has 33 heavy (non-hydrogen) atoms. The highest BCUT2D eigenvalue weighted by atomic mass is 32.1. The number of benzene rings is 1. The molecular weight excluding hydrogens is 470 g/mol. The van der Waals surface area contributed by atoms with Gasteiger partial charge in [0.2, 0.25) is 5.78 Å². The molecule has 2 aromatic heterocycles. The normalized spacial score (nSPS) is 15.8. The molecule has 0 bridgehead atoms. The highest BCUT2D eigenvalue weighted by molar-refractivity contribution is 7.17. The Labute approximate surface area is 194 Å². The van der Waals surface area contributed by atoms with E-state index in [1.165, 1.54) is 31.4 Å². The van der Waals surface area contributed by atoms with Crippen LogP contribution in [0.3, 0.4) is 0 Å². The molecule has 1 aliphatic heterocycles. The minimum absolute atomic E-state index is 0.0711. The number of carbonyl (C=O) groups excluding carboxylic acids is 3. The Bertz CT molecular complexity index is 1310. The number of Topliss-reactive ketones (excluding diaryl/α,β-unsaturated/α-hetero) is 1. The number of thiazole rings is 1. The van der Waals surface area contributed by atoms with Crippen LogP contribution in [-0.4, -0.2) is 39.8 Å². The number of nitro benzene ring substituents is 1. The molecule has 1 amide bonds. The Morgan fingerprint density at radius 3 is 2.52 bits per heavy atom. The lowest BCUT2D eigenvalue weighted by Gasteiger charge is -2.24. The molecule has 0 saturated carbocycles. The number of nitrogens with zero attached hydrogens (tertiary/aromatic N) is 3. The molecule has 3 aromatic rings. The van der Waals surface area contributed by atoms with Gasteiger partial charge < -0.3 is 9.84 Å². The van der Waals surface area contributed by atoms with Crippen molar-refractivity contribution in [3.8, 4) is 0 Å². The number of ether oxygens (including phenoxy) is 1. The molecule has 1 atom stereocenters. The molecule has 0 radical (unpaired) electrons. The Hall–Kier alpha value is -3.90. The van der Waals surface area contributed by atoms with Crippen molar-refractivity contribution in [1.29, 1.82) is 0 Å². The van der Waals surface area contributed by atoms with Gasteiger partial charge in [-0.1, -0.05) is 17.4 Å². The number of methoxy groups -OCH3 is 1. The molecule has 12 heteroatoms. The summed E-state index contributed by atoms with van der Waals surface area (Å²) in [6.07, 6.45) is 0. The number of aliphatic hydroxyl groups is 1. The van der Waals surface area contributed by atoms with Gasteiger partial charge in [-0.3, -0.25) is 24.6 Å². The second-order valence-corrected chi connectivity index (χ2v) is 8.82. The minimum Gasteiger partial charge on any atom is -0.503 e. The fourth-order valence-electron chi connectivity index (χ4n) is 3.44. The summed E-state index contributed by atoms with van der Waals surface area (Å²) in [5.41, 5.74) is 0.316. The smallest absolute Gasteiger partial charge is 0.350 e. The SMILES string of the molecule is COC(=O)c1sc(N2C(=O)C(O)=C(C(=O)c3cccs3)[C@@H]2c2ccc([N+](=O)[O-])cc2)nc1C. The Morgan fingerprint density at radius 2 is 1.94 bits per heavy atom. The second kappa shape index (κ2) is 8.56. The van der Waals surface area contributed by atoms with Crippen molar-refractivity contribution in [3.05, 3.63) is 84.2 Å². The summed E-state index contributed by atoms with van der Waals surface area (Å²) in [5.74, 6) is -2.81. The van der Waals surface area contributed by atoms with Gasteiger partial charge in [0.25, 0.3) is 11.6 Å². The molecule has 1 N–H and O–H groups in total. The van der Waals surface area contributed by atoms with Crippen LogP contribution in [0.25, 0.3) is 0 Å². The number of aliphatic hydroxyl groups excluding tert-OH is 1. The number of non-ortho nitro benzene ring substituents is 1. The van der Waals surface area contributed by atoms with Crippen LogP contribution in [0.4, 0.5) is 10.8 Å². The summed E-state index contributed by atoms with van der Waals surface area (Å²) >= 11 is 2.02. The fraction of sp³-hybridized carbons (Fsp3) is 0.143. The molecule has 1 aliphatic rings. The first kappa shape index (κ1) is 22.3. The van der Waals surface area contributed by atoms with Crippen LogP contribution in [-0.2, 0) is 9.53 Å². The monoisotopic (exact) mass is 485 g/mol. The van der Waals surface area contributed by atoms with E-state index in [1.54, 1.807) is 24.4 Å². The Kier molecular flexibility index (Phi) is 5.78. The summed E-state index contributed by atoms with van der Waals surface area (Å²) in [6.45, 7) is 1.57. The summed E-state index contributed by atoms with van der Waals surface area (Å²) in [5, 5.41) is 23.5.